The molecule has 1 aromatic carbocycles. The van der Waals surface area contributed by atoms with Gasteiger partial charge < -0.3 is 14.5 Å². The molecule has 1 N–H and O–H groups in total. The smallest absolute Gasteiger partial charge is 0.320 e. The van der Waals surface area contributed by atoms with Crippen LogP contribution in [0.5, 0.6) is 0 Å². The largest absolute Gasteiger partial charge is 0.378 e. The second kappa shape index (κ2) is 7.50. The van der Waals surface area contributed by atoms with Crippen molar-refractivity contribution in [2.75, 3.05) is 32.8 Å². The van der Waals surface area contributed by atoms with Crippen LogP contribution in [0.15, 0.2) is 24.3 Å². The van der Waals surface area contributed by atoms with Crippen LogP contribution >= 0.6 is 0 Å². The van der Waals surface area contributed by atoms with Crippen molar-refractivity contribution in [3.05, 3.63) is 41.1 Å². The van der Waals surface area contributed by atoms with Crippen LogP contribution in [0.2, 0.25) is 0 Å². The molecule has 2 aliphatic heterocycles. The van der Waals surface area contributed by atoms with E-state index in [2.05, 4.69) is 41.4 Å². The third kappa shape index (κ3) is 3.33. The molecule has 3 heterocycles. The zero-order chi connectivity index (χ0) is 17.9. The molecule has 138 valence electrons. The van der Waals surface area contributed by atoms with Gasteiger partial charge in [0.1, 0.15) is 0 Å². The summed E-state index contributed by atoms with van der Waals surface area (Å²) in [5.74, 6) is 0. The third-order valence-electron chi connectivity index (χ3n) is 5.25. The van der Waals surface area contributed by atoms with Gasteiger partial charge in [0, 0.05) is 42.9 Å². The minimum atomic E-state index is 0.115. The minimum Gasteiger partial charge on any atom is -0.378 e. The zero-order valence-corrected chi connectivity index (χ0v) is 15.3. The number of carbonyl (C=O) groups is 1. The first-order valence-electron chi connectivity index (χ1n) is 9.53. The van der Waals surface area contributed by atoms with Gasteiger partial charge in [0.2, 0.25) is 0 Å². The van der Waals surface area contributed by atoms with E-state index in [9.17, 15) is 4.79 Å². The van der Waals surface area contributed by atoms with Crippen molar-refractivity contribution in [1.29, 1.82) is 0 Å². The molecular weight excluding hydrogens is 328 g/mol. The maximum absolute atomic E-state index is 12.8. The summed E-state index contributed by atoms with van der Waals surface area (Å²) >= 11 is 0. The minimum absolute atomic E-state index is 0.115. The number of morpholine rings is 1. The van der Waals surface area contributed by atoms with Crippen molar-refractivity contribution in [3.63, 3.8) is 0 Å². The van der Waals surface area contributed by atoms with Crippen LogP contribution in [-0.2, 0) is 24.1 Å². The maximum atomic E-state index is 12.8. The fourth-order valence-corrected chi connectivity index (χ4v) is 3.77. The number of fused-ring (bicyclic) bond motifs is 1. The molecule has 1 aromatic heterocycles. The van der Waals surface area contributed by atoms with Crippen molar-refractivity contribution < 1.29 is 9.53 Å². The van der Waals surface area contributed by atoms with Crippen LogP contribution in [0.4, 0.5) is 4.79 Å². The molecule has 0 atom stereocenters. The Balaban J connectivity index is 1.53. The molecule has 2 aromatic rings. The summed E-state index contributed by atoms with van der Waals surface area (Å²) in [6.07, 6.45) is 3.07. The first kappa shape index (κ1) is 17.1. The molecule has 0 bridgehead atoms. The molecule has 0 aliphatic carbocycles. The summed E-state index contributed by atoms with van der Waals surface area (Å²) in [5.41, 5.74) is 5.75. The van der Waals surface area contributed by atoms with Crippen molar-refractivity contribution in [3.8, 4) is 11.3 Å². The van der Waals surface area contributed by atoms with E-state index in [0.29, 0.717) is 32.8 Å². The number of aromatic nitrogens is 2. The van der Waals surface area contributed by atoms with Crippen LogP contribution in [0, 0.1) is 0 Å². The Labute approximate surface area is 154 Å². The van der Waals surface area contributed by atoms with E-state index in [1.165, 1.54) is 5.56 Å². The Morgan fingerprint density at radius 3 is 2.65 bits per heavy atom. The average molecular weight is 354 g/mol. The topological polar surface area (TPSA) is 61.5 Å². The average Bonchev–Trinajstić information content (AvgIpc) is 3.12. The Kier molecular flexibility index (Phi) is 4.93. The summed E-state index contributed by atoms with van der Waals surface area (Å²) in [5, 5.41) is 7.74. The molecule has 1 saturated heterocycles. The predicted octanol–water partition coefficient (Wildman–Crippen LogP) is 2.84. The maximum Gasteiger partial charge on any atom is 0.320 e. The third-order valence-corrected chi connectivity index (χ3v) is 5.25. The summed E-state index contributed by atoms with van der Waals surface area (Å²) < 4.78 is 5.36. The monoisotopic (exact) mass is 354 g/mol. The van der Waals surface area contributed by atoms with Gasteiger partial charge in [0.15, 0.2) is 0 Å². The highest BCUT2D eigenvalue weighted by Gasteiger charge is 2.29. The van der Waals surface area contributed by atoms with Gasteiger partial charge in [-0.25, -0.2) is 4.79 Å². The second-order valence-corrected chi connectivity index (χ2v) is 7.03. The summed E-state index contributed by atoms with van der Waals surface area (Å²) in [6, 6.07) is 8.76. The number of aryl methyl sites for hydroxylation is 1. The second-order valence-electron chi connectivity index (χ2n) is 7.03. The highest BCUT2D eigenvalue weighted by atomic mass is 16.5. The molecule has 2 aliphatic rings. The SMILES string of the molecule is CCCc1ccc(-c2n[nH]c3c2CN(C(=O)N2CCOCC2)CC3)cc1. The number of benzene rings is 1. The number of nitrogens with one attached hydrogen (secondary N) is 1. The lowest BCUT2D eigenvalue weighted by Gasteiger charge is -2.34. The molecule has 6 nitrogen and oxygen atoms in total. The number of ether oxygens (including phenoxy) is 1. The first-order valence-corrected chi connectivity index (χ1v) is 9.53. The van der Waals surface area contributed by atoms with Gasteiger partial charge >= 0.3 is 6.03 Å². The number of hydrogen-bond acceptors (Lipinski definition) is 3. The summed E-state index contributed by atoms with van der Waals surface area (Å²) in [6.45, 7) is 6.17. The Morgan fingerprint density at radius 1 is 1.15 bits per heavy atom. The predicted molar refractivity (Wildman–Crippen MR) is 99.9 cm³/mol. The quantitative estimate of drug-likeness (QED) is 0.922. The molecule has 0 radical (unpaired) electrons. The molecule has 0 spiro atoms. The van der Waals surface area contributed by atoms with Gasteiger partial charge in [-0.1, -0.05) is 37.6 Å². The number of carbonyl (C=O) groups excluding carboxylic acids is 1. The molecule has 4 rings (SSSR count). The van der Waals surface area contributed by atoms with Gasteiger partial charge in [-0.15, -0.1) is 0 Å². The Bertz CT molecular complexity index is 763. The number of nitrogens with zero attached hydrogens (tertiary/aromatic N) is 3. The van der Waals surface area contributed by atoms with E-state index in [-0.39, 0.29) is 6.03 Å². The normalized spacial score (nSPS) is 17.3. The Hall–Kier alpha value is -2.34. The van der Waals surface area contributed by atoms with Crippen LogP contribution in [0.1, 0.15) is 30.2 Å². The highest BCUT2D eigenvalue weighted by molar-refractivity contribution is 5.76. The van der Waals surface area contributed by atoms with Gasteiger partial charge in [0.25, 0.3) is 0 Å². The van der Waals surface area contributed by atoms with Crippen molar-refractivity contribution in [2.24, 2.45) is 0 Å². The fourth-order valence-electron chi connectivity index (χ4n) is 3.77. The molecule has 1 fully saturated rings. The van der Waals surface area contributed by atoms with E-state index < -0.39 is 0 Å². The van der Waals surface area contributed by atoms with Crippen LogP contribution in [-0.4, -0.2) is 58.9 Å². The van der Waals surface area contributed by atoms with Gasteiger partial charge in [0.05, 0.1) is 25.5 Å². The number of rotatable bonds is 3. The highest BCUT2D eigenvalue weighted by Crippen LogP contribution is 2.29. The number of urea groups is 1. The van der Waals surface area contributed by atoms with Crippen molar-refractivity contribution >= 4 is 6.03 Å². The molecular formula is C20H26N4O2. The lowest BCUT2D eigenvalue weighted by Crippen LogP contribution is -2.49. The lowest BCUT2D eigenvalue weighted by atomic mass is 9.99. The van der Waals surface area contributed by atoms with E-state index in [1.807, 2.05) is 9.80 Å². The fraction of sp³-hybridized carbons (Fsp3) is 0.500. The number of aromatic amines is 1. The van der Waals surface area contributed by atoms with Crippen LogP contribution in [0.3, 0.4) is 0 Å². The van der Waals surface area contributed by atoms with Crippen molar-refractivity contribution in [1.82, 2.24) is 20.0 Å². The molecule has 2 amide bonds. The number of amides is 2. The summed E-state index contributed by atoms with van der Waals surface area (Å²) in [7, 11) is 0. The van der Waals surface area contributed by atoms with Gasteiger partial charge in [-0.05, 0) is 12.0 Å². The standard InChI is InChI=1S/C20H26N4O2/c1-2-3-15-4-6-16(7-5-15)19-17-14-24(9-8-18(17)21-22-19)20(25)23-10-12-26-13-11-23/h4-7H,2-3,8-14H2,1H3,(H,21,22). The van der Waals surface area contributed by atoms with E-state index in [1.54, 1.807) is 0 Å². The summed E-state index contributed by atoms with van der Waals surface area (Å²) in [4.78, 5) is 16.7. The van der Waals surface area contributed by atoms with Gasteiger partial charge in [-0.2, -0.15) is 5.10 Å². The number of H-pyrrole nitrogens is 1. The number of hydrogen-bond donors (Lipinski definition) is 1. The Morgan fingerprint density at radius 2 is 1.92 bits per heavy atom. The van der Waals surface area contributed by atoms with Gasteiger partial charge in [-0.3, -0.25) is 5.10 Å². The van der Waals surface area contributed by atoms with E-state index >= 15 is 0 Å². The molecule has 0 saturated carbocycles. The van der Waals surface area contributed by atoms with E-state index in [0.717, 1.165) is 48.3 Å². The van der Waals surface area contributed by atoms with Crippen molar-refractivity contribution in [2.45, 2.75) is 32.7 Å². The lowest BCUT2D eigenvalue weighted by molar-refractivity contribution is 0.0421. The molecule has 0 unspecified atom stereocenters. The molecule has 6 heteroatoms. The van der Waals surface area contributed by atoms with Crippen LogP contribution < -0.4 is 0 Å². The van der Waals surface area contributed by atoms with Crippen LogP contribution in [0.25, 0.3) is 11.3 Å². The first-order chi connectivity index (χ1) is 12.8. The van der Waals surface area contributed by atoms with E-state index in [4.69, 9.17) is 4.74 Å². The zero-order valence-electron chi connectivity index (χ0n) is 15.3. The molecule has 26 heavy (non-hydrogen) atoms.